The average Bonchev–Trinajstić information content (AvgIpc) is 1.81. The molecular formula is C7H11Cl3O. The summed E-state index contributed by atoms with van der Waals surface area (Å²) in [4.78, 5) is 0. The summed E-state index contributed by atoms with van der Waals surface area (Å²) in [6.45, 7) is 5.00. The second-order valence-electron chi connectivity index (χ2n) is 2.60. The van der Waals surface area contributed by atoms with Gasteiger partial charge in [0.25, 0.3) is 0 Å². The van der Waals surface area contributed by atoms with Gasteiger partial charge in [0.1, 0.15) is 5.60 Å². The zero-order valence-corrected chi connectivity index (χ0v) is 8.55. The SMILES string of the molecule is C=CCCC(C)(O)C(Cl)(Cl)Cl. The van der Waals surface area contributed by atoms with Crippen LogP contribution in [0.5, 0.6) is 0 Å². The molecule has 0 heterocycles. The van der Waals surface area contributed by atoms with Crippen LogP contribution >= 0.6 is 34.8 Å². The molecule has 0 aromatic carbocycles. The van der Waals surface area contributed by atoms with Crippen molar-refractivity contribution in [3.63, 3.8) is 0 Å². The van der Waals surface area contributed by atoms with Gasteiger partial charge in [0, 0.05) is 0 Å². The summed E-state index contributed by atoms with van der Waals surface area (Å²) in [7, 11) is 0. The lowest BCUT2D eigenvalue weighted by atomic mass is 10.0. The zero-order chi connectivity index (χ0) is 9.12. The van der Waals surface area contributed by atoms with Gasteiger partial charge in [0.2, 0.25) is 3.79 Å². The Kier molecular flexibility index (Phi) is 4.20. The molecule has 0 rings (SSSR count). The zero-order valence-electron chi connectivity index (χ0n) is 6.28. The van der Waals surface area contributed by atoms with Crippen LogP contribution in [-0.4, -0.2) is 14.5 Å². The van der Waals surface area contributed by atoms with E-state index in [0.717, 1.165) is 0 Å². The van der Waals surface area contributed by atoms with E-state index in [-0.39, 0.29) is 0 Å². The van der Waals surface area contributed by atoms with Gasteiger partial charge in [-0.1, -0.05) is 40.9 Å². The molecule has 0 aliphatic rings. The van der Waals surface area contributed by atoms with Crippen molar-refractivity contribution in [2.45, 2.75) is 29.2 Å². The molecule has 0 fully saturated rings. The fourth-order valence-electron chi connectivity index (χ4n) is 0.525. The topological polar surface area (TPSA) is 20.2 Å². The molecule has 0 spiro atoms. The molecule has 1 N–H and O–H groups in total. The van der Waals surface area contributed by atoms with E-state index in [1.165, 1.54) is 6.92 Å². The van der Waals surface area contributed by atoms with Gasteiger partial charge in [0.05, 0.1) is 0 Å². The van der Waals surface area contributed by atoms with E-state index in [2.05, 4.69) is 6.58 Å². The molecule has 11 heavy (non-hydrogen) atoms. The van der Waals surface area contributed by atoms with Gasteiger partial charge in [-0.2, -0.15) is 0 Å². The standard InChI is InChI=1S/C7H11Cl3O/c1-3-4-5-6(2,11)7(8,9)10/h3,11H,1,4-5H2,2H3. The fraction of sp³-hybridized carbons (Fsp3) is 0.714. The molecule has 0 aliphatic carbocycles. The van der Waals surface area contributed by atoms with Gasteiger partial charge in [-0.15, -0.1) is 6.58 Å². The van der Waals surface area contributed by atoms with Crippen molar-refractivity contribution < 1.29 is 5.11 Å². The molecule has 0 radical (unpaired) electrons. The Bertz CT molecular complexity index is 137. The largest absolute Gasteiger partial charge is 0.386 e. The van der Waals surface area contributed by atoms with Gasteiger partial charge in [-0.05, 0) is 19.8 Å². The molecule has 66 valence electrons. The van der Waals surface area contributed by atoms with Gasteiger partial charge >= 0.3 is 0 Å². The number of halogens is 3. The van der Waals surface area contributed by atoms with Gasteiger partial charge in [0.15, 0.2) is 0 Å². The highest BCUT2D eigenvalue weighted by molar-refractivity contribution is 6.68. The first kappa shape index (κ1) is 11.6. The van der Waals surface area contributed by atoms with Gasteiger partial charge in [-0.3, -0.25) is 0 Å². The first-order valence-corrected chi connectivity index (χ1v) is 4.34. The smallest absolute Gasteiger partial charge is 0.218 e. The van der Waals surface area contributed by atoms with E-state index in [1.54, 1.807) is 6.08 Å². The minimum atomic E-state index is -1.63. The number of aliphatic hydroxyl groups is 1. The maximum absolute atomic E-state index is 9.54. The summed E-state index contributed by atoms with van der Waals surface area (Å²) in [6, 6.07) is 0. The number of alkyl halides is 3. The van der Waals surface area contributed by atoms with Crippen LogP contribution < -0.4 is 0 Å². The molecule has 0 aliphatic heterocycles. The van der Waals surface area contributed by atoms with Crippen molar-refractivity contribution in [2.75, 3.05) is 0 Å². The van der Waals surface area contributed by atoms with Crippen LogP contribution in [-0.2, 0) is 0 Å². The third kappa shape index (κ3) is 3.66. The molecule has 0 bridgehead atoms. The molecule has 0 aromatic rings. The van der Waals surface area contributed by atoms with E-state index in [0.29, 0.717) is 12.8 Å². The number of hydrogen-bond donors (Lipinski definition) is 1. The third-order valence-electron chi connectivity index (χ3n) is 1.45. The molecule has 1 nitrogen and oxygen atoms in total. The predicted octanol–water partition coefficient (Wildman–Crippen LogP) is 3.07. The van der Waals surface area contributed by atoms with Crippen LogP contribution in [0.2, 0.25) is 0 Å². The second-order valence-corrected chi connectivity index (χ2v) is 4.88. The van der Waals surface area contributed by atoms with Crippen molar-refractivity contribution in [3.05, 3.63) is 12.7 Å². The van der Waals surface area contributed by atoms with Crippen molar-refractivity contribution in [3.8, 4) is 0 Å². The van der Waals surface area contributed by atoms with Crippen LogP contribution in [0.15, 0.2) is 12.7 Å². The van der Waals surface area contributed by atoms with Crippen LogP contribution in [0.25, 0.3) is 0 Å². The summed E-state index contributed by atoms with van der Waals surface area (Å²) in [5, 5.41) is 9.54. The summed E-state index contributed by atoms with van der Waals surface area (Å²) < 4.78 is -1.63. The Morgan fingerprint density at radius 1 is 1.45 bits per heavy atom. The van der Waals surface area contributed by atoms with Crippen molar-refractivity contribution in [1.82, 2.24) is 0 Å². The first-order valence-electron chi connectivity index (χ1n) is 3.21. The quantitative estimate of drug-likeness (QED) is 0.569. The Morgan fingerprint density at radius 2 is 1.91 bits per heavy atom. The molecule has 1 atom stereocenters. The number of allylic oxidation sites excluding steroid dienone is 1. The average molecular weight is 218 g/mol. The Morgan fingerprint density at radius 3 is 2.18 bits per heavy atom. The summed E-state index contributed by atoms with van der Waals surface area (Å²) in [5.41, 5.74) is -1.29. The number of rotatable bonds is 3. The second kappa shape index (κ2) is 3.99. The lowest BCUT2D eigenvalue weighted by molar-refractivity contribution is 0.0559. The lowest BCUT2D eigenvalue weighted by Crippen LogP contribution is -2.39. The predicted molar refractivity (Wildman–Crippen MR) is 50.3 cm³/mol. The van der Waals surface area contributed by atoms with Crippen molar-refractivity contribution in [1.29, 1.82) is 0 Å². The fourth-order valence-corrected chi connectivity index (χ4v) is 0.808. The van der Waals surface area contributed by atoms with Crippen LogP contribution in [0.1, 0.15) is 19.8 Å². The summed E-state index contributed by atoms with van der Waals surface area (Å²) in [5.74, 6) is 0. The first-order chi connectivity index (χ1) is 4.81. The molecule has 0 aromatic heterocycles. The van der Waals surface area contributed by atoms with Crippen LogP contribution in [0.4, 0.5) is 0 Å². The normalized spacial score (nSPS) is 17.5. The van der Waals surface area contributed by atoms with E-state index in [9.17, 15) is 5.11 Å². The molecular weight excluding hydrogens is 206 g/mol. The van der Waals surface area contributed by atoms with Crippen LogP contribution in [0.3, 0.4) is 0 Å². The Labute approximate surface area is 81.9 Å². The Hall–Kier alpha value is 0.570. The highest BCUT2D eigenvalue weighted by atomic mass is 35.6. The van der Waals surface area contributed by atoms with E-state index in [1.807, 2.05) is 0 Å². The number of hydrogen-bond acceptors (Lipinski definition) is 1. The molecule has 1 unspecified atom stereocenters. The molecule has 0 saturated heterocycles. The minimum Gasteiger partial charge on any atom is -0.386 e. The lowest BCUT2D eigenvalue weighted by Gasteiger charge is -2.30. The van der Waals surface area contributed by atoms with Crippen LogP contribution in [0, 0.1) is 0 Å². The maximum atomic E-state index is 9.54. The van der Waals surface area contributed by atoms with Crippen molar-refractivity contribution in [2.24, 2.45) is 0 Å². The van der Waals surface area contributed by atoms with E-state index >= 15 is 0 Å². The van der Waals surface area contributed by atoms with E-state index < -0.39 is 9.39 Å². The van der Waals surface area contributed by atoms with E-state index in [4.69, 9.17) is 34.8 Å². The summed E-state index contributed by atoms with van der Waals surface area (Å²) >= 11 is 16.5. The summed E-state index contributed by atoms with van der Waals surface area (Å²) in [6.07, 6.45) is 2.69. The minimum absolute atomic E-state index is 0.396. The monoisotopic (exact) mass is 216 g/mol. The maximum Gasteiger partial charge on any atom is 0.218 e. The highest BCUT2D eigenvalue weighted by Gasteiger charge is 2.41. The molecule has 0 saturated carbocycles. The molecule has 4 heteroatoms. The van der Waals surface area contributed by atoms with Gasteiger partial charge < -0.3 is 5.11 Å². The van der Waals surface area contributed by atoms with Gasteiger partial charge in [-0.25, -0.2) is 0 Å². The highest BCUT2D eigenvalue weighted by Crippen LogP contribution is 2.40. The molecule has 0 amide bonds. The Balaban J connectivity index is 4.10. The third-order valence-corrected chi connectivity index (χ3v) is 2.67. The van der Waals surface area contributed by atoms with Crippen molar-refractivity contribution >= 4 is 34.8 Å².